The maximum absolute atomic E-state index is 6.47. The maximum Gasteiger partial charge on any atom is 0.183 e. The first-order chi connectivity index (χ1) is 17.4. The molecule has 0 aliphatic heterocycles. The summed E-state index contributed by atoms with van der Waals surface area (Å²) in [7, 11) is -1.47. The van der Waals surface area contributed by atoms with E-state index < -0.39 is 8.32 Å². The van der Waals surface area contributed by atoms with E-state index in [0.29, 0.717) is 5.41 Å². The van der Waals surface area contributed by atoms with Crippen molar-refractivity contribution in [2.45, 2.75) is 90.8 Å². The molecule has 6 aliphatic rings. The van der Waals surface area contributed by atoms with E-state index in [9.17, 15) is 0 Å². The van der Waals surface area contributed by atoms with Crippen LogP contribution in [0.25, 0.3) is 0 Å². The Bertz CT molecular complexity index is 845. The number of fused-ring (bicyclic) bond motifs is 6. The van der Waals surface area contributed by atoms with Crippen LogP contribution in [-0.2, 0) is 4.43 Å². The number of hydrogen-bond donors (Lipinski definition) is 0. The van der Waals surface area contributed by atoms with Crippen molar-refractivity contribution < 1.29 is 4.43 Å². The Morgan fingerprint density at radius 2 is 1.06 bits per heavy atom. The van der Waals surface area contributed by atoms with Crippen LogP contribution in [0.2, 0.25) is 19.6 Å². The highest BCUT2D eigenvalue weighted by Crippen LogP contribution is 2.68. The molecule has 0 heterocycles. The van der Waals surface area contributed by atoms with Gasteiger partial charge in [0, 0.05) is 6.61 Å². The van der Waals surface area contributed by atoms with Crippen LogP contribution in [0.4, 0.5) is 0 Å². The maximum atomic E-state index is 6.47. The number of allylic oxidation sites excluding steroid dienone is 8. The Hall–Kier alpha value is -0.863. The standard InChI is InChI=1S/C34H52OSi/c1-34(22-13-23-35-36(2,3)4,32-28-18-9-5-14-24(28)25-15-6-10-19-29(25)32)33-30-20-11-7-16-26(30)27-17-8-12-21-31(27)33/h5,7,9,11,14,16,18,20,24-33H,6,8,10,12-13,15,17,19,21-23H2,1-4H3. The van der Waals surface area contributed by atoms with Crippen LogP contribution >= 0.6 is 0 Å². The van der Waals surface area contributed by atoms with E-state index in [-0.39, 0.29) is 0 Å². The van der Waals surface area contributed by atoms with Crippen LogP contribution in [0, 0.1) is 64.6 Å². The molecular weight excluding hydrogens is 452 g/mol. The Kier molecular flexibility index (Phi) is 7.08. The predicted molar refractivity (Wildman–Crippen MR) is 155 cm³/mol. The normalized spacial score (nSPS) is 44.6. The summed E-state index contributed by atoms with van der Waals surface area (Å²) >= 11 is 0. The van der Waals surface area contributed by atoms with E-state index in [1.54, 1.807) is 0 Å². The van der Waals surface area contributed by atoms with Gasteiger partial charge in [-0.25, -0.2) is 0 Å². The summed E-state index contributed by atoms with van der Waals surface area (Å²) in [5, 5.41) is 0. The predicted octanol–water partition coefficient (Wildman–Crippen LogP) is 9.21. The molecular formula is C34H52OSi. The average Bonchev–Trinajstić information content (AvgIpc) is 3.40. The lowest BCUT2D eigenvalue weighted by Gasteiger charge is -2.51. The molecule has 6 rings (SSSR count). The van der Waals surface area contributed by atoms with Gasteiger partial charge in [-0.2, -0.15) is 0 Å². The molecule has 4 fully saturated rings. The van der Waals surface area contributed by atoms with Gasteiger partial charge in [-0.3, -0.25) is 0 Å². The van der Waals surface area contributed by atoms with Crippen LogP contribution < -0.4 is 0 Å². The van der Waals surface area contributed by atoms with Crippen LogP contribution in [-0.4, -0.2) is 14.9 Å². The van der Waals surface area contributed by atoms with Gasteiger partial charge in [0.15, 0.2) is 8.32 Å². The highest BCUT2D eigenvalue weighted by Gasteiger charge is 2.62. The molecule has 10 atom stereocenters. The summed E-state index contributed by atoms with van der Waals surface area (Å²) in [6, 6.07) is 0. The minimum atomic E-state index is -1.47. The molecule has 198 valence electrons. The molecule has 0 aromatic heterocycles. The van der Waals surface area contributed by atoms with Crippen molar-refractivity contribution in [2.24, 2.45) is 64.6 Å². The van der Waals surface area contributed by atoms with Crippen molar-refractivity contribution in [3.8, 4) is 0 Å². The smallest absolute Gasteiger partial charge is 0.183 e. The molecule has 2 heteroatoms. The zero-order chi connectivity index (χ0) is 24.9. The SMILES string of the molecule is CC(CCCO[Si](C)(C)C)(C1C2C=CC=CC2C2CCCCC21)C1C2C=CC=CC2C2CCCCC21. The molecule has 0 radical (unpaired) electrons. The zero-order valence-corrected chi connectivity index (χ0v) is 24.6. The fourth-order valence-electron chi connectivity index (χ4n) is 10.9. The van der Waals surface area contributed by atoms with Gasteiger partial charge in [-0.1, -0.05) is 81.2 Å². The van der Waals surface area contributed by atoms with Gasteiger partial charge in [0.2, 0.25) is 0 Å². The molecule has 0 aromatic carbocycles. The molecule has 0 N–H and O–H groups in total. The van der Waals surface area contributed by atoms with E-state index in [4.69, 9.17) is 4.43 Å². The van der Waals surface area contributed by atoms with Crippen molar-refractivity contribution in [3.05, 3.63) is 48.6 Å². The second-order valence-corrected chi connectivity index (χ2v) is 19.2. The van der Waals surface area contributed by atoms with Crippen LogP contribution in [0.15, 0.2) is 48.6 Å². The van der Waals surface area contributed by atoms with Crippen LogP contribution in [0.5, 0.6) is 0 Å². The van der Waals surface area contributed by atoms with E-state index >= 15 is 0 Å². The number of hydrogen-bond acceptors (Lipinski definition) is 1. The van der Waals surface area contributed by atoms with Crippen molar-refractivity contribution in [1.82, 2.24) is 0 Å². The molecule has 1 nitrogen and oxygen atoms in total. The lowest BCUT2D eigenvalue weighted by atomic mass is 9.53. The average molecular weight is 505 g/mol. The highest BCUT2D eigenvalue weighted by molar-refractivity contribution is 6.69. The second-order valence-electron chi connectivity index (χ2n) is 14.7. The molecule has 6 aliphatic carbocycles. The van der Waals surface area contributed by atoms with Gasteiger partial charge in [0.1, 0.15) is 0 Å². The highest BCUT2D eigenvalue weighted by atomic mass is 28.4. The Morgan fingerprint density at radius 3 is 1.50 bits per heavy atom. The van der Waals surface area contributed by atoms with E-state index in [0.717, 1.165) is 65.8 Å². The first-order valence-electron chi connectivity index (χ1n) is 15.7. The minimum absolute atomic E-state index is 0.396. The van der Waals surface area contributed by atoms with Gasteiger partial charge >= 0.3 is 0 Å². The van der Waals surface area contributed by atoms with E-state index in [2.05, 4.69) is 75.2 Å². The minimum Gasteiger partial charge on any atom is -0.418 e. The van der Waals surface area contributed by atoms with E-state index in [1.165, 1.54) is 64.2 Å². The summed E-state index contributed by atoms with van der Waals surface area (Å²) in [5.41, 5.74) is 0.396. The molecule has 0 aromatic rings. The molecule has 36 heavy (non-hydrogen) atoms. The van der Waals surface area contributed by atoms with Crippen molar-refractivity contribution in [1.29, 1.82) is 0 Å². The van der Waals surface area contributed by atoms with Gasteiger partial charge in [-0.15, -0.1) is 0 Å². The molecule has 0 amide bonds. The molecule has 4 saturated carbocycles. The van der Waals surface area contributed by atoms with Crippen molar-refractivity contribution in [2.75, 3.05) is 6.61 Å². The third-order valence-corrected chi connectivity index (χ3v) is 12.9. The molecule has 0 saturated heterocycles. The Balaban J connectivity index is 1.39. The molecule has 0 bridgehead atoms. The van der Waals surface area contributed by atoms with Gasteiger partial charge in [-0.05, 0) is 123 Å². The van der Waals surface area contributed by atoms with Gasteiger partial charge < -0.3 is 4.43 Å². The quantitative estimate of drug-likeness (QED) is 0.248. The van der Waals surface area contributed by atoms with Crippen LogP contribution in [0.3, 0.4) is 0 Å². The van der Waals surface area contributed by atoms with Gasteiger partial charge in [0.25, 0.3) is 0 Å². The summed E-state index contributed by atoms with van der Waals surface area (Å²) in [6.07, 6.45) is 34.5. The summed E-state index contributed by atoms with van der Waals surface area (Å²) in [6.45, 7) is 10.9. The lowest BCUT2D eigenvalue weighted by Crippen LogP contribution is -2.46. The Labute approximate surface area is 223 Å². The van der Waals surface area contributed by atoms with Crippen molar-refractivity contribution in [3.63, 3.8) is 0 Å². The monoisotopic (exact) mass is 504 g/mol. The summed E-state index contributed by atoms with van der Waals surface area (Å²) < 4.78 is 6.47. The third-order valence-electron chi connectivity index (χ3n) is 11.9. The fourth-order valence-corrected chi connectivity index (χ4v) is 11.7. The fraction of sp³-hybridized carbons (Fsp3) is 0.765. The van der Waals surface area contributed by atoms with E-state index in [1.807, 2.05) is 0 Å². The summed E-state index contributed by atoms with van der Waals surface area (Å²) in [5.74, 6) is 8.49. The second kappa shape index (κ2) is 10.0. The lowest BCUT2D eigenvalue weighted by molar-refractivity contribution is -0.0228. The Morgan fingerprint density at radius 1 is 0.639 bits per heavy atom. The molecule has 0 spiro atoms. The first kappa shape index (κ1) is 25.4. The topological polar surface area (TPSA) is 9.23 Å². The largest absolute Gasteiger partial charge is 0.418 e. The third kappa shape index (κ3) is 4.41. The first-order valence-corrected chi connectivity index (χ1v) is 19.1. The number of rotatable bonds is 7. The van der Waals surface area contributed by atoms with Crippen LogP contribution in [0.1, 0.15) is 71.1 Å². The molecule has 10 unspecified atom stereocenters. The summed E-state index contributed by atoms with van der Waals surface area (Å²) in [4.78, 5) is 0. The zero-order valence-electron chi connectivity index (χ0n) is 23.6. The van der Waals surface area contributed by atoms with Gasteiger partial charge in [0.05, 0.1) is 0 Å². The van der Waals surface area contributed by atoms with Crippen molar-refractivity contribution >= 4 is 8.32 Å².